The number of nitrogens with zero attached hydrogens (tertiary/aromatic N) is 1. The van der Waals surface area contributed by atoms with E-state index in [0.717, 1.165) is 12.5 Å². The summed E-state index contributed by atoms with van der Waals surface area (Å²) in [6.45, 7) is 10.4. The molecule has 1 aliphatic rings. The van der Waals surface area contributed by atoms with E-state index in [1.807, 2.05) is 0 Å². The van der Waals surface area contributed by atoms with Crippen LogP contribution in [0.15, 0.2) is 24.3 Å². The molecule has 0 aliphatic carbocycles. The van der Waals surface area contributed by atoms with E-state index in [1.165, 1.54) is 50.1 Å². The summed E-state index contributed by atoms with van der Waals surface area (Å²) in [5.74, 6) is 0.873. The van der Waals surface area contributed by atoms with Gasteiger partial charge < -0.3 is 10.2 Å². The molecule has 0 saturated carbocycles. The molecule has 0 amide bonds. The molecule has 1 aliphatic heterocycles. The van der Waals surface area contributed by atoms with Gasteiger partial charge in [-0.25, -0.2) is 0 Å². The fourth-order valence-corrected chi connectivity index (χ4v) is 2.63. The monoisotopic (exact) mass is 246 g/mol. The number of benzene rings is 1. The van der Waals surface area contributed by atoms with E-state index in [9.17, 15) is 0 Å². The molecular formula is C16H26N2. The van der Waals surface area contributed by atoms with Gasteiger partial charge in [-0.2, -0.15) is 0 Å². The first-order valence-corrected chi connectivity index (χ1v) is 7.26. The Balaban J connectivity index is 1.65. The van der Waals surface area contributed by atoms with Crippen LogP contribution in [0.5, 0.6) is 0 Å². The van der Waals surface area contributed by atoms with Crippen molar-refractivity contribution in [2.24, 2.45) is 5.92 Å². The first-order chi connectivity index (χ1) is 8.78. The normalized spacial score (nSPS) is 18.1. The summed E-state index contributed by atoms with van der Waals surface area (Å²) in [5, 5.41) is 3.61. The highest BCUT2D eigenvalue weighted by atomic mass is 15.1. The fourth-order valence-electron chi connectivity index (χ4n) is 2.63. The van der Waals surface area contributed by atoms with E-state index in [4.69, 9.17) is 0 Å². The van der Waals surface area contributed by atoms with Gasteiger partial charge in [0.2, 0.25) is 0 Å². The molecule has 1 aromatic rings. The van der Waals surface area contributed by atoms with Crippen molar-refractivity contribution in [1.82, 2.24) is 10.2 Å². The van der Waals surface area contributed by atoms with Crippen molar-refractivity contribution >= 4 is 0 Å². The van der Waals surface area contributed by atoms with Crippen molar-refractivity contribution in [2.45, 2.75) is 33.2 Å². The molecule has 0 atom stereocenters. The van der Waals surface area contributed by atoms with Gasteiger partial charge in [0.05, 0.1) is 0 Å². The topological polar surface area (TPSA) is 15.3 Å². The largest absolute Gasteiger partial charge is 0.312 e. The Bertz CT molecular complexity index is 337. The van der Waals surface area contributed by atoms with E-state index in [0.29, 0.717) is 0 Å². The average Bonchev–Trinajstić information content (AvgIpc) is 2.42. The Morgan fingerprint density at radius 2 is 1.83 bits per heavy atom. The van der Waals surface area contributed by atoms with Crippen LogP contribution in [-0.2, 0) is 6.54 Å². The zero-order valence-electron chi connectivity index (χ0n) is 11.8. The maximum Gasteiger partial charge on any atom is 0.0205 e. The predicted molar refractivity (Wildman–Crippen MR) is 77.7 cm³/mol. The van der Waals surface area contributed by atoms with Crippen LogP contribution >= 0.6 is 0 Å². The van der Waals surface area contributed by atoms with Gasteiger partial charge in [-0.15, -0.1) is 0 Å². The third kappa shape index (κ3) is 4.11. The summed E-state index contributed by atoms with van der Waals surface area (Å²) >= 11 is 0. The van der Waals surface area contributed by atoms with Gasteiger partial charge in [-0.3, -0.25) is 0 Å². The first-order valence-electron chi connectivity index (χ1n) is 7.26. The summed E-state index contributed by atoms with van der Waals surface area (Å²) < 4.78 is 0. The van der Waals surface area contributed by atoms with Gasteiger partial charge >= 0.3 is 0 Å². The highest BCUT2D eigenvalue weighted by Gasteiger charge is 2.17. The summed E-state index contributed by atoms with van der Waals surface area (Å²) in [6.07, 6.45) is 2.71. The Kier molecular flexibility index (Phi) is 5.21. The molecule has 1 saturated heterocycles. The van der Waals surface area contributed by atoms with Crippen molar-refractivity contribution in [3.8, 4) is 0 Å². The quantitative estimate of drug-likeness (QED) is 0.859. The number of hydrogen-bond acceptors (Lipinski definition) is 2. The standard InChI is InChI=1S/C16H26N2/c1-3-18-10-8-16(9-11-18)13-17-12-15-6-4-14(2)5-7-15/h4-7,16-17H,3,8-13H2,1-2H3. The van der Waals surface area contributed by atoms with E-state index < -0.39 is 0 Å². The Hall–Kier alpha value is -0.860. The second-order valence-electron chi connectivity index (χ2n) is 5.49. The molecule has 2 heteroatoms. The lowest BCUT2D eigenvalue weighted by Crippen LogP contribution is -2.36. The number of rotatable bonds is 5. The molecular weight excluding hydrogens is 220 g/mol. The number of nitrogens with one attached hydrogen (secondary N) is 1. The summed E-state index contributed by atoms with van der Waals surface area (Å²) in [4.78, 5) is 2.55. The lowest BCUT2D eigenvalue weighted by atomic mass is 9.97. The van der Waals surface area contributed by atoms with Crippen LogP contribution in [0.2, 0.25) is 0 Å². The average molecular weight is 246 g/mol. The molecule has 18 heavy (non-hydrogen) atoms. The second-order valence-corrected chi connectivity index (χ2v) is 5.49. The van der Waals surface area contributed by atoms with Gasteiger partial charge in [0.15, 0.2) is 0 Å². The van der Waals surface area contributed by atoms with Crippen LogP contribution in [0, 0.1) is 12.8 Å². The van der Waals surface area contributed by atoms with Crippen molar-refractivity contribution < 1.29 is 0 Å². The lowest BCUT2D eigenvalue weighted by molar-refractivity contribution is 0.190. The van der Waals surface area contributed by atoms with E-state index in [1.54, 1.807) is 0 Å². The molecule has 0 spiro atoms. The van der Waals surface area contributed by atoms with Gasteiger partial charge in [-0.05, 0) is 57.4 Å². The molecule has 0 aromatic heterocycles. The predicted octanol–water partition coefficient (Wildman–Crippen LogP) is 2.82. The third-order valence-corrected chi connectivity index (χ3v) is 4.04. The maximum absolute atomic E-state index is 3.61. The minimum Gasteiger partial charge on any atom is -0.312 e. The van der Waals surface area contributed by atoms with Crippen LogP contribution < -0.4 is 5.32 Å². The molecule has 1 fully saturated rings. The Morgan fingerprint density at radius 1 is 1.17 bits per heavy atom. The van der Waals surface area contributed by atoms with Crippen LogP contribution in [0.3, 0.4) is 0 Å². The van der Waals surface area contributed by atoms with Crippen molar-refractivity contribution in [3.63, 3.8) is 0 Å². The van der Waals surface area contributed by atoms with Crippen LogP contribution in [0.4, 0.5) is 0 Å². The zero-order chi connectivity index (χ0) is 12.8. The van der Waals surface area contributed by atoms with Crippen LogP contribution in [0.25, 0.3) is 0 Å². The Labute approximate surface area is 111 Å². The summed E-state index contributed by atoms with van der Waals surface area (Å²) in [5.41, 5.74) is 2.73. The minimum atomic E-state index is 0.873. The SMILES string of the molecule is CCN1CCC(CNCc2ccc(C)cc2)CC1. The summed E-state index contributed by atoms with van der Waals surface area (Å²) in [7, 11) is 0. The van der Waals surface area contributed by atoms with Gasteiger partial charge in [0, 0.05) is 6.54 Å². The summed E-state index contributed by atoms with van der Waals surface area (Å²) in [6, 6.07) is 8.83. The van der Waals surface area contributed by atoms with Crippen molar-refractivity contribution in [3.05, 3.63) is 35.4 Å². The number of hydrogen-bond donors (Lipinski definition) is 1. The first kappa shape index (κ1) is 13.6. The number of aryl methyl sites for hydroxylation is 1. The van der Waals surface area contributed by atoms with Gasteiger partial charge in [0.25, 0.3) is 0 Å². The van der Waals surface area contributed by atoms with Crippen LogP contribution in [0.1, 0.15) is 30.9 Å². The molecule has 1 heterocycles. The Morgan fingerprint density at radius 3 is 2.44 bits per heavy atom. The van der Waals surface area contributed by atoms with E-state index >= 15 is 0 Å². The molecule has 2 nitrogen and oxygen atoms in total. The van der Waals surface area contributed by atoms with Gasteiger partial charge in [0.1, 0.15) is 0 Å². The van der Waals surface area contributed by atoms with Gasteiger partial charge in [-0.1, -0.05) is 36.8 Å². The number of piperidine rings is 1. The highest BCUT2D eigenvalue weighted by molar-refractivity contribution is 5.21. The molecule has 0 bridgehead atoms. The molecule has 2 rings (SSSR count). The molecule has 1 N–H and O–H groups in total. The molecule has 100 valence electrons. The van der Waals surface area contributed by atoms with Crippen molar-refractivity contribution in [1.29, 1.82) is 0 Å². The highest BCUT2D eigenvalue weighted by Crippen LogP contribution is 2.16. The molecule has 1 aromatic carbocycles. The van der Waals surface area contributed by atoms with E-state index in [2.05, 4.69) is 48.3 Å². The second kappa shape index (κ2) is 6.91. The number of likely N-dealkylation sites (tertiary alicyclic amines) is 1. The van der Waals surface area contributed by atoms with E-state index in [-0.39, 0.29) is 0 Å². The third-order valence-electron chi connectivity index (χ3n) is 4.04. The molecule has 0 unspecified atom stereocenters. The zero-order valence-corrected chi connectivity index (χ0v) is 11.8. The maximum atomic E-state index is 3.61. The fraction of sp³-hybridized carbons (Fsp3) is 0.625. The molecule has 0 radical (unpaired) electrons. The smallest absolute Gasteiger partial charge is 0.0205 e. The minimum absolute atomic E-state index is 0.873. The lowest BCUT2D eigenvalue weighted by Gasteiger charge is -2.31. The van der Waals surface area contributed by atoms with Crippen molar-refractivity contribution in [2.75, 3.05) is 26.2 Å². The van der Waals surface area contributed by atoms with Crippen LogP contribution in [-0.4, -0.2) is 31.1 Å².